The number of aliphatic hydroxyl groups is 1. The van der Waals surface area contributed by atoms with Gasteiger partial charge >= 0.3 is 0 Å². The van der Waals surface area contributed by atoms with Crippen molar-refractivity contribution in [2.24, 2.45) is 5.73 Å². The van der Waals surface area contributed by atoms with Crippen molar-refractivity contribution in [3.8, 4) is 0 Å². The molecule has 0 spiro atoms. The van der Waals surface area contributed by atoms with Gasteiger partial charge in [-0.2, -0.15) is 0 Å². The predicted molar refractivity (Wildman–Crippen MR) is 67.9 cm³/mol. The van der Waals surface area contributed by atoms with Gasteiger partial charge in [0, 0.05) is 22.7 Å². The maximum absolute atomic E-state index is 12.2. The molecule has 0 aliphatic carbocycles. The van der Waals surface area contributed by atoms with Crippen LogP contribution in [0, 0.1) is 0 Å². The summed E-state index contributed by atoms with van der Waals surface area (Å²) in [6, 6.07) is 5.51. The number of anilines is 1. The van der Waals surface area contributed by atoms with Crippen LogP contribution < -0.4 is 17.0 Å². The standard InChI is InChI=1S/C12H13N3O3/c13-9-3-1-2-8-7(9)4-5-15(12(8)18)10(6-16)11(14)17/h1-5,10,16H,6,13H2,(H2,14,17). The van der Waals surface area contributed by atoms with Crippen molar-refractivity contribution in [1.29, 1.82) is 0 Å². The molecule has 1 aromatic heterocycles. The van der Waals surface area contributed by atoms with E-state index < -0.39 is 24.1 Å². The van der Waals surface area contributed by atoms with Crippen molar-refractivity contribution in [2.45, 2.75) is 6.04 Å². The van der Waals surface area contributed by atoms with Crippen LogP contribution in [0.25, 0.3) is 10.8 Å². The Morgan fingerprint density at radius 2 is 2.06 bits per heavy atom. The lowest BCUT2D eigenvalue weighted by atomic mass is 10.1. The predicted octanol–water partition coefficient (Wildman–Crippen LogP) is -0.398. The molecule has 2 rings (SSSR count). The molecule has 0 aliphatic rings. The number of hydrogen-bond acceptors (Lipinski definition) is 4. The largest absolute Gasteiger partial charge is 0.398 e. The Hall–Kier alpha value is -2.34. The molecule has 6 heteroatoms. The molecule has 0 radical (unpaired) electrons. The van der Waals surface area contributed by atoms with E-state index in [0.29, 0.717) is 16.5 Å². The van der Waals surface area contributed by atoms with Crippen LogP contribution in [0.5, 0.6) is 0 Å². The molecule has 0 fully saturated rings. The number of aliphatic hydroxyl groups excluding tert-OH is 1. The third-order valence-electron chi connectivity index (χ3n) is 2.84. The Balaban J connectivity index is 2.73. The zero-order chi connectivity index (χ0) is 13.3. The van der Waals surface area contributed by atoms with Gasteiger partial charge < -0.3 is 21.1 Å². The molecule has 5 N–H and O–H groups in total. The number of nitrogens with zero attached hydrogens (tertiary/aromatic N) is 1. The maximum atomic E-state index is 12.2. The van der Waals surface area contributed by atoms with Crippen molar-refractivity contribution in [3.05, 3.63) is 40.8 Å². The molecule has 0 saturated carbocycles. The summed E-state index contributed by atoms with van der Waals surface area (Å²) in [5.41, 5.74) is 11.0. The minimum Gasteiger partial charge on any atom is -0.398 e. The van der Waals surface area contributed by atoms with Crippen molar-refractivity contribution >= 4 is 22.4 Å². The van der Waals surface area contributed by atoms with Crippen LogP contribution in [0.2, 0.25) is 0 Å². The number of nitrogens with two attached hydrogens (primary N) is 2. The first-order valence-electron chi connectivity index (χ1n) is 5.35. The Kier molecular flexibility index (Phi) is 3.03. The lowest BCUT2D eigenvalue weighted by Gasteiger charge is -2.14. The number of nitrogen functional groups attached to an aromatic ring is 1. The number of fused-ring (bicyclic) bond motifs is 1. The second kappa shape index (κ2) is 4.50. The third-order valence-corrected chi connectivity index (χ3v) is 2.84. The second-order valence-electron chi connectivity index (χ2n) is 3.94. The molecule has 1 unspecified atom stereocenters. The Morgan fingerprint density at radius 3 is 2.67 bits per heavy atom. The smallest absolute Gasteiger partial charge is 0.259 e. The topological polar surface area (TPSA) is 111 Å². The van der Waals surface area contributed by atoms with Crippen molar-refractivity contribution in [3.63, 3.8) is 0 Å². The van der Waals surface area contributed by atoms with Gasteiger partial charge in [0.25, 0.3) is 5.56 Å². The third kappa shape index (κ3) is 1.82. The van der Waals surface area contributed by atoms with Gasteiger partial charge in [0.2, 0.25) is 5.91 Å². The van der Waals surface area contributed by atoms with E-state index >= 15 is 0 Å². The summed E-state index contributed by atoms with van der Waals surface area (Å²) in [4.78, 5) is 23.3. The zero-order valence-corrected chi connectivity index (χ0v) is 9.54. The number of hydrogen-bond donors (Lipinski definition) is 3. The highest BCUT2D eigenvalue weighted by Crippen LogP contribution is 2.18. The summed E-state index contributed by atoms with van der Waals surface area (Å²) in [5, 5.41) is 10.1. The van der Waals surface area contributed by atoms with Crippen LogP contribution in [-0.4, -0.2) is 22.2 Å². The van der Waals surface area contributed by atoms with Gasteiger partial charge in [-0.25, -0.2) is 0 Å². The highest BCUT2D eigenvalue weighted by Gasteiger charge is 2.18. The summed E-state index contributed by atoms with van der Waals surface area (Å²) in [5.74, 6) is -0.761. The van der Waals surface area contributed by atoms with E-state index in [2.05, 4.69) is 0 Å². The van der Waals surface area contributed by atoms with Gasteiger partial charge in [-0.3, -0.25) is 9.59 Å². The van der Waals surface area contributed by atoms with Gasteiger partial charge in [0.1, 0.15) is 6.04 Å². The van der Waals surface area contributed by atoms with Crippen LogP contribution in [0.4, 0.5) is 5.69 Å². The van der Waals surface area contributed by atoms with Crippen LogP contribution in [-0.2, 0) is 4.79 Å². The molecule has 2 aromatic rings. The Labute approximate surface area is 102 Å². The number of carbonyl (C=O) groups excluding carboxylic acids is 1. The van der Waals surface area contributed by atoms with Gasteiger partial charge in [-0.15, -0.1) is 0 Å². The van der Waals surface area contributed by atoms with E-state index in [1.807, 2.05) is 0 Å². The molecule has 0 bridgehead atoms. The van der Waals surface area contributed by atoms with Crippen LogP contribution in [0.3, 0.4) is 0 Å². The number of aromatic nitrogens is 1. The van der Waals surface area contributed by atoms with Gasteiger partial charge in [-0.1, -0.05) is 6.07 Å². The lowest BCUT2D eigenvalue weighted by Crippen LogP contribution is -2.35. The number of amides is 1. The van der Waals surface area contributed by atoms with E-state index in [-0.39, 0.29) is 0 Å². The van der Waals surface area contributed by atoms with Crippen molar-refractivity contribution in [2.75, 3.05) is 12.3 Å². The minimum absolute atomic E-state index is 0.386. The van der Waals surface area contributed by atoms with Gasteiger partial charge in [0.15, 0.2) is 0 Å². The highest BCUT2D eigenvalue weighted by molar-refractivity contribution is 5.92. The normalized spacial score (nSPS) is 12.5. The lowest BCUT2D eigenvalue weighted by molar-refractivity contribution is -0.122. The first-order valence-corrected chi connectivity index (χ1v) is 5.35. The Morgan fingerprint density at radius 1 is 1.33 bits per heavy atom. The van der Waals surface area contributed by atoms with Crippen LogP contribution in [0.15, 0.2) is 35.3 Å². The number of benzene rings is 1. The van der Waals surface area contributed by atoms with E-state index in [4.69, 9.17) is 16.6 Å². The minimum atomic E-state index is -1.07. The fraction of sp³-hybridized carbons (Fsp3) is 0.167. The van der Waals surface area contributed by atoms with E-state index in [1.54, 1.807) is 24.3 Å². The second-order valence-corrected chi connectivity index (χ2v) is 3.94. The van der Waals surface area contributed by atoms with E-state index in [9.17, 15) is 9.59 Å². The number of rotatable bonds is 3. The van der Waals surface area contributed by atoms with Gasteiger partial charge in [-0.05, 0) is 18.2 Å². The quantitative estimate of drug-likeness (QED) is 0.641. The van der Waals surface area contributed by atoms with E-state index in [1.165, 1.54) is 6.20 Å². The molecule has 1 atom stereocenters. The average Bonchev–Trinajstić information content (AvgIpc) is 2.33. The molecule has 1 aromatic carbocycles. The molecule has 18 heavy (non-hydrogen) atoms. The molecular formula is C12H13N3O3. The summed E-state index contributed by atoms with van der Waals surface area (Å²) in [7, 11) is 0. The van der Waals surface area contributed by atoms with Gasteiger partial charge in [0.05, 0.1) is 6.61 Å². The zero-order valence-electron chi connectivity index (χ0n) is 9.54. The summed E-state index contributed by atoms with van der Waals surface area (Å²) >= 11 is 0. The number of primary amides is 1. The molecule has 6 nitrogen and oxygen atoms in total. The van der Waals surface area contributed by atoms with E-state index in [0.717, 1.165) is 4.57 Å². The fourth-order valence-electron chi connectivity index (χ4n) is 1.88. The molecule has 0 saturated heterocycles. The molecule has 94 valence electrons. The summed E-state index contributed by atoms with van der Waals surface area (Å²) < 4.78 is 1.12. The van der Waals surface area contributed by atoms with Crippen molar-refractivity contribution in [1.82, 2.24) is 4.57 Å². The molecule has 1 heterocycles. The number of carbonyl (C=O) groups is 1. The van der Waals surface area contributed by atoms with Crippen molar-refractivity contribution < 1.29 is 9.90 Å². The molecule has 1 amide bonds. The maximum Gasteiger partial charge on any atom is 0.259 e. The fourth-order valence-corrected chi connectivity index (χ4v) is 1.88. The first kappa shape index (κ1) is 12.1. The Bertz CT molecular complexity index is 663. The first-order chi connectivity index (χ1) is 8.56. The molecular weight excluding hydrogens is 234 g/mol. The molecule has 0 aliphatic heterocycles. The average molecular weight is 247 g/mol. The SMILES string of the molecule is NC(=O)C(CO)n1ccc2c(N)cccc2c1=O. The summed E-state index contributed by atoms with van der Waals surface area (Å²) in [6.45, 7) is -0.525. The van der Waals surface area contributed by atoms with Crippen LogP contribution >= 0.6 is 0 Å². The monoisotopic (exact) mass is 247 g/mol. The highest BCUT2D eigenvalue weighted by atomic mass is 16.3. The van der Waals surface area contributed by atoms with Crippen LogP contribution in [0.1, 0.15) is 6.04 Å². The number of pyridine rings is 1. The summed E-state index contributed by atoms with van der Waals surface area (Å²) in [6.07, 6.45) is 1.41.